The Morgan fingerprint density at radius 2 is 1.73 bits per heavy atom. The van der Waals surface area contributed by atoms with Crippen molar-refractivity contribution in [3.8, 4) is 0 Å². The molecule has 15 heavy (non-hydrogen) atoms. The number of aliphatic hydroxyl groups excluding tert-OH is 2. The molecule has 0 aliphatic carbocycles. The first-order valence-corrected chi connectivity index (χ1v) is 5.36. The average molecular weight is 302 g/mol. The molecule has 0 aliphatic heterocycles. The Kier molecular flexibility index (Phi) is 4.45. The van der Waals surface area contributed by atoms with Crippen molar-refractivity contribution in [2.45, 2.75) is 12.2 Å². The molecule has 0 saturated carbocycles. The second-order valence-corrected chi connectivity index (χ2v) is 4.07. The molecule has 0 amide bonds. The van der Waals surface area contributed by atoms with Crippen LogP contribution in [0.5, 0.6) is 0 Å². The fourth-order valence-corrected chi connectivity index (χ4v) is 1.45. The average Bonchev–Trinajstić information content (AvgIpc) is 2.23. The molecule has 0 bridgehead atoms. The van der Waals surface area contributed by atoms with Crippen LogP contribution in [0.1, 0.15) is 11.7 Å². The quantitative estimate of drug-likeness (QED) is 0.665. The zero-order valence-corrected chi connectivity index (χ0v) is 9.76. The lowest BCUT2D eigenvalue weighted by atomic mass is 10.1. The molecule has 84 valence electrons. The van der Waals surface area contributed by atoms with Gasteiger partial charge < -0.3 is 10.2 Å². The van der Waals surface area contributed by atoms with Gasteiger partial charge >= 0.3 is 0 Å². The molecule has 0 aliphatic rings. The minimum Gasteiger partial charge on any atom is -0.389 e. The fourth-order valence-electron chi connectivity index (χ4n) is 1.05. The number of hydrogen-bond donors (Lipinski definition) is 2. The highest BCUT2D eigenvalue weighted by Gasteiger charge is 2.20. The largest absolute Gasteiger partial charge is 0.389 e. The monoisotopic (exact) mass is 300 g/mol. The van der Waals surface area contributed by atoms with Crippen LogP contribution in [0.2, 0.25) is 0 Å². The first kappa shape index (κ1) is 12.8. The van der Waals surface area contributed by atoms with Crippen molar-refractivity contribution in [3.05, 3.63) is 33.8 Å². The third-order valence-corrected chi connectivity index (χ3v) is 2.94. The molecule has 2 atom stereocenters. The Hall–Kier alpha value is -0.230. The first-order valence-electron chi connectivity index (χ1n) is 4.04. The molecule has 2 N–H and O–H groups in total. The van der Waals surface area contributed by atoms with E-state index in [1.165, 1.54) is 0 Å². The second-order valence-electron chi connectivity index (χ2n) is 2.97. The van der Waals surface area contributed by atoms with E-state index in [-0.39, 0.29) is 15.9 Å². The van der Waals surface area contributed by atoms with Crippen molar-refractivity contribution in [3.63, 3.8) is 0 Å². The summed E-state index contributed by atoms with van der Waals surface area (Å²) in [5.41, 5.74) is -0.0543. The van der Waals surface area contributed by atoms with Crippen LogP contribution in [0.15, 0.2) is 16.6 Å². The van der Waals surface area contributed by atoms with Crippen molar-refractivity contribution in [1.29, 1.82) is 0 Å². The van der Waals surface area contributed by atoms with Gasteiger partial charge in [0.25, 0.3) is 0 Å². The smallest absolute Gasteiger partial charge is 0.140 e. The molecule has 1 aromatic rings. The number of benzene rings is 1. The summed E-state index contributed by atoms with van der Waals surface area (Å²) in [6.07, 6.45) is -2.66. The maximum atomic E-state index is 13.1. The van der Waals surface area contributed by atoms with Gasteiger partial charge in [-0.1, -0.05) is 0 Å². The normalized spacial score (nSPS) is 15.1. The van der Waals surface area contributed by atoms with E-state index in [9.17, 15) is 19.0 Å². The summed E-state index contributed by atoms with van der Waals surface area (Å²) in [6, 6.07) is 1.88. The van der Waals surface area contributed by atoms with Gasteiger partial charge in [-0.25, -0.2) is 8.78 Å². The molecular weight excluding hydrogens is 293 g/mol. The fraction of sp³-hybridized carbons (Fsp3) is 0.333. The Morgan fingerprint density at radius 1 is 1.27 bits per heavy atom. The lowest BCUT2D eigenvalue weighted by Crippen LogP contribution is -2.20. The van der Waals surface area contributed by atoms with Crippen LogP contribution in [0.25, 0.3) is 0 Å². The van der Waals surface area contributed by atoms with Gasteiger partial charge in [0.1, 0.15) is 17.7 Å². The van der Waals surface area contributed by atoms with Crippen molar-refractivity contribution in [2.75, 3.05) is 5.88 Å². The standard InChI is InChI=1S/C9H8BrClF2O2/c10-8-5(12)1-4(2-6(8)13)9(15)7(14)3-11/h1-2,7,9,14-15H,3H2. The molecule has 6 heteroatoms. The molecular formula is C9H8BrClF2O2. The van der Waals surface area contributed by atoms with Crippen molar-refractivity contribution < 1.29 is 19.0 Å². The van der Waals surface area contributed by atoms with Gasteiger partial charge in [-0.05, 0) is 33.6 Å². The number of rotatable bonds is 3. The second kappa shape index (κ2) is 5.21. The molecule has 0 heterocycles. The summed E-state index contributed by atoms with van der Waals surface area (Å²) < 4.78 is 25.8. The maximum Gasteiger partial charge on any atom is 0.140 e. The van der Waals surface area contributed by atoms with Gasteiger partial charge in [-0.2, -0.15) is 0 Å². The van der Waals surface area contributed by atoms with Gasteiger partial charge in [0.05, 0.1) is 16.5 Å². The number of alkyl halides is 1. The van der Waals surface area contributed by atoms with Crippen LogP contribution in [-0.2, 0) is 0 Å². The summed E-state index contributed by atoms with van der Waals surface area (Å²) in [5.74, 6) is -1.91. The third kappa shape index (κ3) is 2.87. The van der Waals surface area contributed by atoms with Crippen LogP contribution < -0.4 is 0 Å². The predicted octanol–water partition coefficient (Wildman–Crippen LogP) is 2.36. The molecule has 2 unspecified atom stereocenters. The molecule has 0 spiro atoms. The number of halogens is 4. The van der Waals surface area contributed by atoms with E-state index in [0.717, 1.165) is 12.1 Å². The molecule has 1 rings (SSSR count). The van der Waals surface area contributed by atoms with Crippen molar-refractivity contribution in [2.24, 2.45) is 0 Å². The third-order valence-electron chi connectivity index (χ3n) is 1.87. The maximum absolute atomic E-state index is 13.1. The predicted molar refractivity (Wildman–Crippen MR) is 55.7 cm³/mol. The van der Waals surface area contributed by atoms with Crippen LogP contribution in [0.3, 0.4) is 0 Å². The van der Waals surface area contributed by atoms with Gasteiger partial charge in [0, 0.05) is 0 Å². The molecule has 0 aromatic heterocycles. The summed E-state index contributed by atoms with van der Waals surface area (Å²) in [7, 11) is 0. The Bertz CT molecular complexity index is 339. The van der Waals surface area contributed by atoms with E-state index >= 15 is 0 Å². The van der Waals surface area contributed by atoms with E-state index in [0.29, 0.717) is 0 Å². The van der Waals surface area contributed by atoms with Gasteiger partial charge in [-0.3, -0.25) is 0 Å². The minimum absolute atomic E-state index is 0.0543. The summed E-state index contributed by atoms with van der Waals surface area (Å²) >= 11 is 8.00. The van der Waals surface area contributed by atoms with Crippen LogP contribution >= 0.6 is 27.5 Å². The summed E-state index contributed by atoms with van der Waals surface area (Å²) in [4.78, 5) is 0. The van der Waals surface area contributed by atoms with E-state index in [2.05, 4.69) is 15.9 Å². The van der Waals surface area contributed by atoms with Crippen LogP contribution in [0, 0.1) is 11.6 Å². The van der Waals surface area contributed by atoms with Gasteiger partial charge in [0.15, 0.2) is 0 Å². The topological polar surface area (TPSA) is 40.5 Å². The lowest BCUT2D eigenvalue weighted by molar-refractivity contribution is 0.0323. The Balaban J connectivity index is 3.06. The Morgan fingerprint density at radius 3 is 2.13 bits per heavy atom. The number of hydrogen-bond acceptors (Lipinski definition) is 2. The zero-order chi connectivity index (χ0) is 11.6. The van der Waals surface area contributed by atoms with Gasteiger partial charge in [-0.15, -0.1) is 11.6 Å². The van der Waals surface area contributed by atoms with Crippen LogP contribution in [0.4, 0.5) is 8.78 Å². The van der Waals surface area contributed by atoms with Gasteiger partial charge in [0.2, 0.25) is 0 Å². The highest BCUT2D eigenvalue weighted by molar-refractivity contribution is 9.10. The lowest BCUT2D eigenvalue weighted by Gasteiger charge is -2.16. The highest BCUT2D eigenvalue weighted by Crippen LogP contribution is 2.26. The summed E-state index contributed by atoms with van der Waals surface area (Å²) in [6.45, 7) is 0. The molecule has 0 fully saturated rings. The zero-order valence-electron chi connectivity index (χ0n) is 7.42. The molecule has 0 radical (unpaired) electrons. The molecule has 2 nitrogen and oxygen atoms in total. The number of aliphatic hydroxyl groups is 2. The summed E-state index contributed by atoms with van der Waals surface area (Å²) in [5, 5.41) is 18.6. The molecule has 0 saturated heterocycles. The SMILES string of the molecule is OC(CCl)C(O)c1cc(F)c(Br)c(F)c1. The highest BCUT2D eigenvalue weighted by atomic mass is 79.9. The van der Waals surface area contributed by atoms with Crippen molar-refractivity contribution >= 4 is 27.5 Å². The van der Waals surface area contributed by atoms with Crippen molar-refractivity contribution in [1.82, 2.24) is 0 Å². The van der Waals surface area contributed by atoms with E-state index in [1.54, 1.807) is 0 Å². The minimum atomic E-state index is -1.40. The van der Waals surface area contributed by atoms with E-state index in [1.807, 2.05) is 0 Å². The van der Waals surface area contributed by atoms with E-state index < -0.39 is 23.8 Å². The van der Waals surface area contributed by atoms with Crippen LogP contribution in [-0.4, -0.2) is 22.2 Å². The van der Waals surface area contributed by atoms with E-state index in [4.69, 9.17) is 11.6 Å². The first-order chi connectivity index (χ1) is 6.97. The molecule has 1 aromatic carbocycles. The Labute approximate surface area is 98.6 Å².